The fourth-order valence-corrected chi connectivity index (χ4v) is 0.993. The number of hydrogen-bond acceptors (Lipinski definition) is 2. The molecule has 6 heteroatoms. The van der Waals surface area contributed by atoms with Crippen LogP contribution in [0.5, 0.6) is 0 Å². The lowest BCUT2D eigenvalue weighted by Gasteiger charge is -2.06. The predicted octanol–water partition coefficient (Wildman–Crippen LogP) is 0.910. The Balaban J connectivity index is 3.38. The summed E-state index contributed by atoms with van der Waals surface area (Å²) in [5.41, 5.74) is 3.30. The quantitative estimate of drug-likeness (QED) is 0.684. The number of aromatic amines is 1. The van der Waals surface area contributed by atoms with Crippen molar-refractivity contribution >= 4 is 0 Å². The van der Waals surface area contributed by atoms with Gasteiger partial charge in [-0.15, -0.1) is 0 Å². The van der Waals surface area contributed by atoms with E-state index in [2.05, 4.69) is 0 Å². The number of rotatable bonds is 2. The molecule has 1 aromatic rings. The highest BCUT2D eigenvalue weighted by Gasteiger charge is 2.18. The summed E-state index contributed by atoms with van der Waals surface area (Å²) in [6, 6.07) is 0.866. The van der Waals surface area contributed by atoms with Gasteiger partial charge in [0, 0.05) is 12.6 Å². The second-order valence-corrected chi connectivity index (χ2v) is 2.39. The lowest BCUT2D eigenvalue weighted by molar-refractivity contribution is 0.143. The normalized spacial score (nSPS) is 10.8. The number of nitrogens with one attached hydrogen (secondary N) is 1. The van der Waals surface area contributed by atoms with Crippen LogP contribution in [0.3, 0.4) is 0 Å². The molecule has 3 nitrogen and oxygen atoms in total. The highest BCUT2D eigenvalue weighted by atomic mass is 19.3. The van der Waals surface area contributed by atoms with Crippen LogP contribution in [-0.4, -0.2) is 4.98 Å². The minimum Gasteiger partial charge on any atom is -0.326 e. The van der Waals surface area contributed by atoms with Gasteiger partial charge in [-0.3, -0.25) is 9.78 Å². The average Bonchev–Trinajstić information content (AvgIpc) is 2.01. The van der Waals surface area contributed by atoms with Crippen molar-refractivity contribution in [3.05, 3.63) is 33.5 Å². The maximum atomic E-state index is 12.8. The Bertz CT molecular complexity index is 361. The van der Waals surface area contributed by atoms with Crippen LogP contribution in [0.1, 0.15) is 17.6 Å². The molecule has 0 aliphatic heterocycles. The highest BCUT2D eigenvalue weighted by molar-refractivity contribution is 5.25. The van der Waals surface area contributed by atoms with Crippen molar-refractivity contribution in [1.82, 2.24) is 4.98 Å². The summed E-state index contributed by atoms with van der Waals surface area (Å²) in [5, 5.41) is 0. The van der Waals surface area contributed by atoms with E-state index in [0.29, 0.717) is 0 Å². The van der Waals surface area contributed by atoms with Gasteiger partial charge in [-0.05, 0) is 5.56 Å². The summed E-state index contributed by atoms with van der Waals surface area (Å²) in [6.07, 6.45) is -2.98. The van der Waals surface area contributed by atoms with Crippen LogP contribution in [0, 0.1) is 5.95 Å². The number of aromatic nitrogens is 1. The van der Waals surface area contributed by atoms with Gasteiger partial charge in [0.2, 0.25) is 11.5 Å². The zero-order valence-corrected chi connectivity index (χ0v) is 6.48. The Morgan fingerprint density at radius 3 is 2.62 bits per heavy atom. The van der Waals surface area contributed by atoms with E-state index >= 15 is 0 Å². The number of hydrogen-bond donors (Lipinski definition) is 2. The van der Waals surface area contributed by atoms with Crippen LogP contribution < -0.4 is 11.3 Å². The maximum absolute atomic E-state index is 12.8. The fraction of sp³-hybridized carbons (Fsp3) is 0.286. The third-order valence-corrected chi connectivity index (χ3v) is 1.56. The predicted molar refractivity (Wildman–Crippen MR) is 39.9 cm³/mol. The first-order valence-electron chi connectivity index (χ1n) is 3.46. The molecule has 0 spiro atoms. The maximum Gasteiger partial charge on any atom is 0.268 e. The van der Waals surface area contributed by atoms with Crippen molar-refractivity contribution in [1.29, 1.82) is 0 Å². The van der Waals surface area contributed by atoms with E-state index in [1.807, 2.05) is 0 Å². The molecule has 0 radical (unpaired) electrons. The SMILES string of the molecule is NCc1cc(=O)[nH]c(F)c1C(F)F. The van der Waals surface area contributed by atoms with Crippen molar-refractivity contribution in [2.45, 2.75) is 13.0 Å². The standard InChI is InChI=1S/C7H7F3N2O/c8-6(9)5-3(2-11)1-4(13)12-7(5)10/h1,6H,2,11H2,(H,12,13). The van der Waals surface area contributed by atoms with Crippen LogP contribution in [0.2, 0.25) is 0 Å². The Kier molecular flexibility index (Phi) is 2.72. The molecule has 0 amide bonds. The zero-order chi connectivity index (χ0) is 10.0. The molecule has 13 heavy (non-hydrogen) atoms. The first kappa shape index (κ1) is 9.79. The van der Waals surface area contributed by atoms with Gasteiger partial charge in [0.25, 0.3) is 6.43 Å². The molecule has 0 aliphatic rings. The Hall–Kier alpha value is -1.30. The van der Waals surface area contributed by atoms with Gasteiger partial charge in [-0.25, -0.2) is 8.78 Å². The van der Waals surface area contributed by atoms with Crippen LogP contribution in [0.4, 0.5) is 13.2 Å². The van der Waals surface area contributed by atoms with Gasteiger partial charge >= 0.3 is 0 Å². The van der Waals surface area contributed by atoms with E-state index in [1.54, 1.807) is 4.98 Å². The number of H-pyrrole nitrogens is 1. The van der Waals surface area contributed by atoms with Crippen molar-refractivity contribution in [2.75, 3.05) is 0 Å². The molecule has 72 valence electrons. The molecule has 0 atom stereocenters. The van der Waals surface area contributed by atoms with Crippen LogP contribution in [0.15, 0.2) is 10.9 Å². The average molecular weight is 192 g/mol. The lowest BCUT2D eigenvalue weighted by Crippen LogP contribution is -2.15. The molecule has 0 saturated heterocycles. The van der Waals surface area contributed by atoms with Crippen molar-refractivity contribution < 1.29 is 13.2 Å². The third kappa shape index (κ3) is 1.89. The molecule has 0 aliphatic carbocycles. The smallest absolute Gasteiger partial charge is 0.268 e. The van der Waals surface area contributed by atoms with Gasteiger partial charge in [0.15, 0.2) is 0 Å². The van der Waals surface area contributed by atoms with E-state index in [4.69, 9.17) is 5.73 Å². The summed E-state index contributed by atoms with van der Waals surface area (Å²) in [4.78, 5) is 12.3. The molecular formula is C7H7F3N2O. The molecule has 0 unspecified atom stereocenters. The van der Waals surface area contributed by atoms with Crippen molar-refractivity contribution in [3.63, 3.8) is 0 Å². The van der Waals surface area contributed by atoms with Crippen LogP contribution in [0.25, 0.3) is 0 Å². The molecule has 0 aromatic carbocycles. The summed E-state index contributed by atoms with van der Waals surface area (Å²) in [5.74, 6) is -1.32. The summed E-state index contributed by atoms with van der Waals surface area (Å²) in [6.45, 7) is -0.291. The van der Waals surface area contributed by atoms with Crippen molar-refractivity contribution in [3.8, 4) is 0 Å². The summed E-state index contributed by atoms with van der Waals surface area (Å²) >= 11 is 0. The Labute approximate surface area is 71.4 Å². The van der Waals surface area contributed by atoms with Gasteiger partial charge < -0.3 is 5.73 Å². The van der Waals surface area contributed by atoms with Gasteiger partial charge in [-0.2, -0.15) is 4.39 Å². The number of pyridine rings is 1. The fourth-order valence-electron chi connectivity index (χ4n) is 0.993. The number of nitrogens with two attached hydrogens (primary N) is 1. The second-order valence-electron chi connectivity index (χ2n) is 2.39. The molecule has 0 fully saturated rings. The topological polar surface area (TPSA) is 58.9 Å². The third-order valence-electron chi connectivity index (χ3n) is 1.56. The second kappa shape index (κ2) is 3.61. The molecule has 1 rings (SSSR count). The van der Waals surface area contributed by atoms with Crippen LogP contribution >= 0.6 is 0 Å². The van der Waals surface area contributed by atoms with E-state index < -0.39 is 23.5 Å². The largest absolute Gasteiger partial charge is 0.326 e. The first-order valence-corrected chi connectivity index (χ1v) is 3.46. The zero-order valence-electron chi connectivity index (χ0n) is 6.48. The Morgan fingerprint density at radius 1 is 1.54 bits per heavy atom. The van der Waals surface area contributed by atoms with Gasteiger partial charge in [0.05, 0.1) is 5.56 Å². The lowest BCUT2D eigenvalue weighted by atomic mass is 10.1. The number of halogens is 3. The van der Waals surface area contributed by atoms with E-state index in [-0.39, 0.29) is 12.1 Å². The Morgan fingerprint density at radius 2 is 2.15 bits per heavy atom. The molecular weight excluding hydrogens is 185 g/mol. The first-order chi connectivity index (χ1) is 6.06. The number of alkyl halides is 2. The summed E-state index contributed by atoms with van der Waals surface area (Å²) < 4.78 is 37.1. The van der Waals surface area contributed by atoms with Crippen molar-refractivity contribution in [2.24, 2.45) is 5.73 Å². The molecule has 1 heterocycles. The monoisotopic (exact) mass is 192 g/mol. The minimum atomic E-state index is -2.98. The molecule has 1 aromatic heterocycles. The van der Waals surface area contributed by atoms with E-state index in [9.17, 15) is 18.0 Å². The van der Waals surface area contributed by atoms with Gasteiger partial charge in [-0.1, -0.05) is 0 Å². The highest BCUT2D eigenvalue weighted by Crippen LogP contribution is 2.23. The van der Waals surface area contributed by atoms with Gasteiger partial charge in [0.1, 0.15) is 0 Å². The van der Waals surface area contributed by atoms with Crippen LogP contribution in [-0.2, 0) is 6.54 Å². The molecule has 0 bridgehead atoms. The van der Waals surface area contributed by atoms with E-state index in [0.717, 1.165) is 6.07 Å². The molecule has 0 saturated carbocycles. The van der Waals surface area contributed by atoms with E-state index in [1.165, 1.54) is 0 Å². The minimum absolute atomic E-state index is 0.170. The molecule has 3 N–H and O–H groups in total. The summed E-state index contributed by atoms with van der Waals surface area (Å²) in [7, 11) is 0.